The highest BCUT2D eigenvalue weighted by atomic mass is 35.5. The lowest BCUT2D eigenvalue weighted by Crippen LogP contribution is -1.93. The van der Waals surface area contributed by atoms with Crippen LogP contribution < -0.4 is 0 Å². The molecule has 0 spiro atoms. The van der Waals surface area contributed by atoms with Crippen LogP contribution in [0.3, 0.4) is 0 Å². The fourth-order valence-electron chi connectivity index (χ4n) is 1.35. The fourth-order valence-corrected chi connectivity index (χ4v) is 2.32. The van der Waals surface area contributed by atoms with Crippen LogP contribution in [0.5, 0.6) is 0 Å². The highest BCUT2D eigenvalue weighted by Gasteiger charge is 2.04. The summed E-state index contributed by atoms with van der Waals surface area (Å²) in [7, 11) is 0. The van der Waals surface area contributed by atoms with Gasteiger partial charge in [-0.2, -0.15) is 29.9 Å². The van der Waals surface area contributed by atoms with Crippen molar-refractivity contribution in [2.45, 2.75) is 0 Å². The van der Waals surface area contributed by atoms with E-state index in [1.54, 1.807) is 0 Å². The Hall–Kier alpha value is -1.31. The molecule has 0 saturated heterocycles. The molecule has 118 valence electrons. The van der Waals surface area contributed by atoms with Crippen LogP contribution >= 0.6 is 58.0 Å². The number of nitrogens with zero attached hydrogens (tertiary/aromatic N) is 6. The Morgan fingerprint density at radius 1 is 0.478 bits per heavy atom. The minimum absolute atomic E-state index is 0.000000000000000444. The molecule has 11 heteroatoms. The maximum atomic E-state index is 5.65. The highest BCUT2D eigenvalue weighted by molar-refractivity contribution is 6.33. The predicted octanol–water partition coefficient (Wildman–Crippen LogP) is 4.68. The summed E-state index contributed by atoms with van der Waals surface area (Å²) in [6.07, 6.45) is 0. The lowest BCUT2D eigenvalue weighted by Gasteiger charge is -1.99. The molecular weight excluding hydrogens is 405 g/mol. The van der Waals surface area contributed by atoms with E-state index < -0.39 is 0 Å². The predicted molar refractivity (Wildman–Crippen MR) is 90.1 cm³/mol. The van der Waals surface area contributed by atoms with Gasteiger partial charge in [-0.3, -0.25) is 0 Å². The molecule has 3 aromatic rings. The summed E-state index contributed by atoms with van der Waals surface area (Å²) in [5, 5.41) is 0.202. The van der Waals surface area contributed by atoms with E-state index in [0.29, 0.717) is 5.82 Å². The molecule has 0 aliphatic carbocycles. The summed E-state index contributed by atoms with van der Waals surface area (Å²) >= 11 is 27.3. The average molecular weight is 410 g/mol. The monoisotopic (exact) mass is 408 g/mol. The highest BCUT2D eigenvalue weighted by Crippen LogP contribution is 2.17. The lowest BCUT2D eigenvalue weighted by atomic mass is 10.2. The van der Waals surface area contributed by atoms with Crippen molar-refractivity contribution < 1.29 is 0 Å². The van der Waals surface area contributed by atoms with Crippen LogP contribution in [0.15, 0.2) is 30.3 Å². The zero-order valence-electron chi connectivity index (χ0n) is 11.0. The molecule has 0 atom stereocenters. The summed E-state index contributed by atoms with van der Waals surface area (Å²) in [5.74, 6) is 0.482. The van der Waals surface area contributed by atoms with Gasteiger partial charge in [-0.25, -0.2) is 0 Å². The molecule has 0 aliphatic rings. The first-order valence-corrected chi connectivity index (χ1v) is 7.68. The van der Waals surface area contributed by atoms with Crippen molar-refractivity contribution >= 4 is 58.0 Å². The van der Waals surface area contributed by atoms with E-state index in [1.807, 2.05) is 30.3 Å². The SMILES string of the molecule is Clc1nc(Cl)nc(-c2ccccc2)n1.Clc1nc(Cl)nc(Cl)n1. The van der Waals surface area contributed by atoms with Crippen LogP contribution in [0.2, 0.25) is 26.4 Å². The van der Waals surface area contributed by atoms with Gasteiger partial charge >= 0.3 is 0 Å². The maximum absolute atomic E-state index is 5.65. The van der Waals surface area contributed by atoms with Crippen LogP contribution in [0.1, 0.15) is 0 Å². The minimum Gasteiger partial charge on any atom is -0.198 e. The van der Waals surface area contributed by atoms with Crippen LogP contribution in [-0.2, 0) is 0 Å². The molecule has 0 saturated carbocycles. The summed E-state index contributed by atoms with van der Waals surface area (Å²) in [6, 6.07) is 9.44. The Morgan fingerprint density at radius 2 is 0.826 bits per heavy atom. The smallest absolute Gasteiger partial charge is 0.198 e. The molecule has 0 aliphatic heterocycles. The van der Waals surface area contributed by atoms with Gasteiger partial charge in [0.05, 0.1) is 0 Å². The third kappa shape index (κ3) is 6.01. The van der Waals surface area contributed by atoms with Crippen molar-refractivity contribution in [1.29, 1.82) is 0 Å². The molecule has 6 nitrogen and oxygen atoms in total. The van der Waals surface area contributed by atoms with E-state index in [-0.39, 0.29) is 26.4 Å². The third-order valence-corrected chi connectivity index (χ3v) is 3.01. The van der Waals surface area contributed by atoms with Crippen LogP contribution in [0.4, 0.5) is 0 Å². The van der Waals surface area contributed by atoms with Gasteiger partial charge in [-0.05, 0) is 58.0 Å². The van der Waals surface area contributed by atoms with Crippen molar-refractivity contribution in [3.63, 3.8) is 0 Å². The zero-order valence-corrected chi connectivity index (χ0v) is 14.7. The number of benzene rings is 1. The van der Waals surface area contributed by atoms with Crippen molar-refractivity contribution in [1.82, 2.24) is 29.9 Å². The standard InChI is InChI=1S/C9H5Cl2N3.C3Cl3N3/c10-8-12-7(13-9(11)14-8)6-4-2-1-3-5-6;4-1-7-2(5)9-3(6)8-1/h1-5H;. The number of rotatable bonds is 1. The Kier molecular flexibility index (Phi) is 6.68. The molecule has 2 heterocycles. The van der Waals surface area contributed by atoms with E-state index in [9.17, 15) is 0 Å². The van der Waals surface area contributed by atoms with Crippen LogP contribution in [-0.4, -0.2) is 29.9 Å². The molecule has 0 N–H and O–H groups in total. The van der Waals surface area contributed by atoms with Crippen molar-refractivity contribution in [2.75, 3.05) is 0 Å². The number of halogens is 5. The Balaban J connectivity index is 0.000000185. The van der Waals surface area contributed by atoms with Gasteiger partial charge in [-0.1, -0.05) is 30.3 Å². The van der Waals surface area contributed by atoms with Gasteiger partial charge in [-0.15, -0.1) is 0 Å². The van der Waals surface area contributed by atoms with Gasteiger partial charge in [0.15, 0.2) is 5.82 Å². The number of aromatic nitrogens is 6. The van der Waals surface area contributed by atoms with Gasteiger partial charge < -0.3 is 0 Å². The molecule has 0 unspecified atom stereocenters. The van der Waals surface area contributed by atoms with E-state index in [0.717, 1.165) is 5.56 Å². The maximum Gasteiger partial charge on any atom is 0.227 e. The molecule has 3 rings (SSSR count). The van der Waals surface area contributed by atoms with E-state index >= 15 is 0 Å². The third-order valence-electron chi connectivity index (χ3n) is 2.17. The summed E-state index contributed by atoms with van der Waals surface area (Å²) in [6.45, 7) is 0. The largest absolute Gasteiger partial charge is 0.227 e. The van der Waals surface area contributed by atoms with Crippen LogP contribution in [0.25, 0.3) is 11.4 Å². The van der Waals surface area contributed by atoms with Crippen molar-refractivity contribution in [3.05, 3.63) is 56.7 Å². The molecule has 23 heavy (non-hydrogen) atoms. The molecule has 0 radical (unpaired) electrons. The lowest BCUT2D eigenvalue weighted by molar-refractivity contribution is 1.05. The second-order valence-electron chi connectivity index (χ2n) is 3.71. The van der Waals surface area contributed by atoms with Gasteiger partial charge in [0.1, 0.15) is 0 Å². The first-order chi connectivity index (χ1) is 10.9. The van der Waals surface area contributed by atoms with Gasteiger partial charge in [0.25, 0.3) is 0 Å². The fraction of sp³-hybridized carbons (Fsp3) is 0. The first kappa shape index (κ1) is 18.0. The second kappa shape index (κ2) is 8.52. The Morgan fingerprint density at radius 3 is 1.22 bits per heavy atom. The minimum atomic E-state index is 0.000000000000000444. The summed E-state index contributed by atoms with van der Waals surface area (Å²) in [4.78, 5) is 22.0. The molecule has 0 bridgehead atoms. The van der Waals surface area contributed by atoms with Gasteiger partial charge in [0, 0.05) is 5.56 Å². The van der Waals surface area contributed by atoms with Crippen molar-refractivity contribution in [3.8, 4) is 11.4 Å². The molecule has 0 fully saturated rings. The van der Waals surface area contributed by atoms with Crippen molar-refractivity contribution in [2.24, 2.45) is 0 Å². The molecule has 2 aromatic heterocycles. The normalized spacial score (nSPS) is 9.96. The zero-order chi connectivity index (χ0) is 16.8. The first-order valence-electron chi connectivity index (χ1n) is 5.79. The average Bonchev–Trinajstić information content (AvgIpc) is 2.46. The Labute approximate surface area is 155 Å². The Bertz CT molecular complexity index is 730. The summed E-state index contributed by atoms with van der Waals surface area (Å²) < 4.78 is 0. The molecular formula is C12H5Cl5N6. The van der Waals surface area contributed by atoms with E-state index in [4.69, 9.17) is 58.0 Å². The van der Waals surface area contributed by atoms with Crippen LogP contribution in [0, 0.1) is 0 Å². The second-order valence-corrected chi connectivity index (χ2v) is 5.40. The summed E-state index contributed by atoms with van der Waals surface area (Å²) in [5.41, 5.74) is 0.860. The van der Waals surface area contributed by atoms with Gasteiger partial charge in [0.2, 0.25) is 26.4 Å². The number of hydrogen-bond donors (Lipinski definition) is 0. The number of hydrogen-bond acceptors (Lipinski definition) is 6. The quantitative estimate of drug-likeness (QED) is 0.580. The molecule has 0 amide bonds. The topological polar surface area (TPSA) is 77.3 Å². The van der Waals surface area contributed by atoms with E-state index in [1.165, 1.54) is 0 Å². The molecule has 1 aromatic carbocycles. The van der Waals surface area contributed by atoms with E-state index in [2.05, 4.69) is 29.9 Å².